The van der Waals surface area contributed by atoms with E-state index in [1.807, 2.05) is 18.2 Å². The number of nitrogens with one attached hydrogen (secondary N) is 1. The van der Waals surface area contributed by atoms with Crippen LogP contribution < -0.4 is 5.32 Å². The summed E-state index contributed by atoms with van der Waals surface area (Å²) < 4.78 is 0. The third-order valence-corrected chi connectivity index (χ3v) is 3.53. The summed E-state index contributed by atoms with van der Waals surface area (Å²) in [5.74, 6) is -0.208. The molecule has 0 saturated heterocycles. The molecule has 2 aromatic rings. The Balaban J connectivity index is 2.00. The average Bonchev–Trinajstić information content (AvgIpc) is 2.47. The van der Waals surface area contributed by atoms with Gasteiger partial charge >= 0.3 is 0 Å². The molecule has 0 fully saturated rings. The Morgan fingerprint density at radius 1 is 1.05 bits per heavy atom. The monoisotopic (exact) mass is 301 g/mol. The third kappa shape index (κ3) is 4.17. The molecule has 21 heavy (non-hydrogen) atoms. The van der Waals surface area contributed by atoms with E-state index in [-0.39, 0.29) is 11.7 Å². The number of Topliss-reactive ketones (excluding diaryl/α,β-unsaturated/α-hetero) is 1. The van der Waals surface area contributed by atoms with Crippen LogP contribution >= 0.6 is 11.6 Å². The van der Waals surface area contributed by atoms with Crippen molar-refractivity contribution >= 4 is 29.0 Å². The number of carbonyl (C=O) groups is 2. The molecule has 0 saturated carbocycles. The van der Waals surface area contributed by atoms with E-state index >= 15 is 0 Å². The smallest absolute Gasteiger partial charge is 0.224 e. The first-order valence-electron chi connectivity index (χ1n) is 6.71. The molecule has 0 radical (unpaired) electrons. The maximum Gasteiger partial charge on any atom is 0.224 e. The summed E-state index contributed by atoms with van der Waals surface area (Å²) >= 11 is 6.06. The number of ketones is 1. The second kappa shape index (κ2) is 7.04. The lowest BCUT2D eigenvalue weighted by atomic mass is 10.1. The summed E-state index contributed by atoms with van der Waals surface area (Å²) in [6.45, 7) is 1.48. The summed E-state index contributed by atoms with van der Waals surface area (Å²) in [5, 5.41) is 3.44. The Labute approximate surface area is 128 Å². The number of halogens is 1. The van der Waals surface area contributed by atoms with E-state index < -0.39 is 0 Å². The van der Waals surface area contributed by atoms with Gasteiger partial charge in [0.05, 0.1) is 5.69 Å². The van der Waals surface area contributed by atoms with Crippen molar-refractivity contribution in [2.75, 3.05) is 5.32 Å². The van der Waals surface area contributed by atoms with E-state index in [2.05, 4.69) is 5.32 Å². The molecule has 0 unspecified atom stereocenters. The SMILES string of the molecule is CC(=O)c1ccccc1NC(=O)CCc1ccccc1Cl. The molecule has 0 aliphatic rings. The van der Waals surface area contributed by atoms with Gasteiger partial charge in [-0.05, 0) is 37.1 Å². The number of rotatable bonds is 5. The number of carbonyl (C=O) groups excluding carboxylic acids is 2. The highest BCUT2D eigenvalue weighted by Gasteiger charge is 2.10. The quantitative estimate of drug-likeness (QED) is 0.845. The molecule has 0 aliphatic heterocycles. The van der Waals surface area contributed by atoms with Crippen molar-refractivity contribution < 1.29 is 9.59 Å². The molecule has 0 aliphatic carbocycles. The van der Waals surface area contributed by atoms with Gasteiger partial charge in [0.25, 0.3) is 0 Å². The number of hydrogen-bond donors (Lipinski definition) is 1. The van der Waals surface area contributed by atoms with E-state index in [0.717, 1.165) is 5.56 Å². The minimum Gasteiger partial charge on any atom is -0.325 e. The maximum atomic E-state index is 12.0. The van der Waals surface area contributed by atoms with E-state index in [1.54, 1.807) is 30.3 Å². The van der Waals surface area contributed by atoms with Gasteiger partial charge in [0, 0.05) is 17.0 Å². The zero-order valence-electron chi connectivity index (χ0n) is 11.7. The summed E-state index contributed by atoms with van der Waals surface area (Å²) in [6, 6.07) is 14.4. The van der Waals surface area contributed by atoms with E-state index in [4.69, 9.17) is 11.6 Å². The molecule has 3 nitrogen and oxygen atoms in total. The number of hydrogen-bond acceptors (Lipinski definition) is 2. The second-order valence-electron chi connectivity index (χ2n) is 4.74. The lowest BCUT2D eigenvalue weighted by molar-refractivity contribution is -0.116. The van der Waals surface area contributed by atoms with Crippen LogP contribution in [0.5, 0.6) is 0 Å². The molecule has 0 aromatic heterocycles. The Kier molecular flexibility index (Phi) is 5.12. The molecule has 1 amide bonds. The molecule has 108 valence electrons. The first-order chi connectivity index (χ1) is 10.1. The van der Waals surface area contributed by atoms with Gasteiger partial charge in [-0.25, -0.2) is 0 Å². The molecule has 0 spiro atoms. The number of amides is 1. The lowest BCUT2D eigenvalue weighted by Crippen LogP contribution is -2.14. The summed E-state index contributed by atoms with van der Waals surface area (Å²) in [6.07, 6.45) is 0.879. The van der Waals surface area contributed by atoms with Crippen LogP contribution in [-0.2, 0) is 11.2 Å². The van der Waals surface area contributed by atoms with Crippen LogP contribution in [0.3, 0.4) is 0 Å². The van der Waals surface area contributed by atoms with Gasteiger partial charge < -0.3 is 5.32 Å². The first kappa shape index (κ1) is 15.3. The van der Waals surface area contributed by atoms with E-state index in [9.17, 15) is 9.59 Å². The van der Waals surface area contributed by atoms with Crippen molar-refractivity contribution in [3.05, 3.63) is 64.7 Å². The lowest BCUT2D eigenvalue weighted by Gasteiger charge is -2.09. The summed E-state index contributed by atoms with van der Waals surface area (Å²) in [5.41, 5.74) is 2.01. The van der Waals surface area contributed by atoms with Gasteiger partial charge in [-0.15, -0.1) is 0 Å². The number of aryl methyl sites for hydroxylation is 1. The Bertz CT molecular complexity index is 667. The van der Waals surface area contributed by atoms with Crippen LogP contribution in [0, 0.1) is 0 Å². The van der Waals surface area contributed by atoms with E-state index in [1.165, 1.54) is 6.92 Å². The summed E-state index contributed by atoms with van der Waals surface area (Å²) in [7, 11) is 0. The van der Waals surface area contributed by atoms with Gasteiger partial charge in [-0.3, -0.25) is 9.59 Å². The van der Waals surface area contributed by atoms with Gasteiger partial charge in [0.1, 0.15) is 0 Å². The van der Waals surface area contributed by atoms with Crippen LogP contribution in [0.4, 0.5) is 5.69 Å². The topological polar surface area (TPSA) is 46.2 Å². The highest BCUT2D eigenvalue weighted by atomic mass is 35.5. The number of benzene rings is 2. The molecular weight excluding hydrogens is 286 g/mol. The second-order valence-corrected chi connectivity index (χ2v) is 5.15. The van der Waals surface area contributed by atoms with Gasteiger partial charge in [0.2, 0.25) is 5.91 Å². The third-order valence-electron chi connectivity index (χ3n) is 3.16. The molecule has 0 bridgehead atoms. The normalized spacial score (nSPS) is 10.2. The fourth-order valence-electron chi connectivity index (χ4n) is 2.06. The van der Waals surface area contributed by atoms with Crippen LogP contribution in [0.1, 0.15) is 29.3 Å². The van der Waals surface area contributed by atoms with Crippen LogP contribution in [0.25, 0.3) is 0 Å². The van der Waals surface area contributed by atoms with E-state index in [0.29, 0.717) is 29.1 Å². The zero-order valence-corrected chi connectivity index (χ0v) is 12.5. The van der Waals surface area contributed by atoms with Crippen molar-refractivity contribution in [1.82, 2.24) is 0 Å². The fourth-order valence-corrected chi connectivity index (χ4v) is 2.29. The minimum atomic E-state index is -0.136. The minimum absolute atomic E-state index is 0.0722. The molecule has 0 atom stereocenters. The van der Waals surface area contributed by atoms with Crippen LogP contribution in [0.15, 0.2) is 48.5 Å². The van der Waals surface area contributed by atoms with Crippen molar-refractivity contribution in [3.63, 3.8) is 0 Å². The molecule has 2 rings (SSSR count). The molecule has 2 aromatic carbocycles. The van der Waals surface area contributed by atoms with Gasteiger partial charge in [-0.2, -0.15) is 0 Å². The molecule has 4 heteroatoms. The standard InChI is InChI=1S/C17H16ClNO2/c1-12(20)14-7-3-5-9-16(14)19-17(21)11-10-13-6-2-4-8-15(13)18/h2-9H,10-11H2,1H3,(H,19,21). The highest BCUT2D eigenvalue weighted by molar-refractivity contribution is 6.31. The molecular formula is C17H16ClNO2. The predicted molar refractivity (Wildman–Crippen MR) is 84.8 cm³/mol. The zero-order chi connectivity index (χ0) is 15.2. The van der Waals surface area contributed by atoms with Crippen molar-refractivity contribution in [2.45, 2.75) is 19.8 Å². The predicted octanol–water partition coefficient (Wildman–Crippen LogP) is 4.11. The average molecular weight is 302 g/mol. The number of anilines is 1. The van der Waals surface area contributed by atoms with Crippen molar-refractivity contribution in [1.29, 1.82) is 0 Å². The maximum absolute atomic E-state index is 12.0. The fraction of sp³-hybridized carbons (Fsp3) is 0.176. The van der Waals surface area contributed by atoms with Crippen LogP contribution in [0.2, 0.25) is 5.02 Å². The number of para-hydroxylation sites is 1. The summed E-state index contributed by atoms with van der Waals surface area (Å²) in [4.78, 5) is 23.5. The highest BCUT2D eigenvalue weighted by Crippen LogP contribution is 2.18. The van der Waals surface area contributed by atoms with Gasteiger partial charge in [-0.1, -0.05) is 41.9 Å². The van der Waals surface area contributed by atoms with Crippen molar-refractivity contribution in [2.24, 2.45) is 0 Å². The molecule has 1 N–H and O–H groups in total. The van der Waals surface area contributed by atoms with Crippen molar-refractivity contribution in [3.8, 4) is 0 Å². The first-order valence-corrected chi connectivity index (χ1v) is 7.09. The Morgan fingerprint density at radius 2 is 1.71 bits per heavy atom. The molecule has 0 heterocycles. The van der Waals surface area contributed by atoms with Gasteiger partial charge in [0.15, 0.2) is 5.78 Å². The Morgan fingerprint density at radius 3 is 2.43 bits per heavy atom. The Hall–Kier alpha value is -2.13. The van der Waals surface area contributed by atoms with Crippen LogP contribution in [-0.4, -0.2) is 11.7 Å². The largest absolute Gasteiger partial charge is 0.325 e.